The smallest absolute Gasteiger partial charge is 0.317 e. The number of piperazine rings is 1. The van der Waals surface area contributed by atoms with Gasteiger partial charge in [0.2, 0.25) is 5.91 Å². The SMILES string of the molecule is CCNC(C)CC(=O)N1CCN2C(=O)NCC2C1. The first-order valence-corrected chi connectivity index (χ1v) is 6.67. The van der Waals surface area contributed by atoms with Crippen LogP contribution in [-0.4, -0.2) is 66.5 Å². The highest BCUT2D eigenvalue weighted by Gasteiger charge is 2.36. The van der Waals surface area contributed by atoms with Gasteiger partial charge in [0.15, 0.2) is 0 Å². The quantitative estimate of drug-likeness (QED) is 0.718. The fourth-order valence-corrected chi connectivity index (χ4v) is 2.64. The maximum atomic E-state index is 12.1. The van der Waals surface area contributed by atoms with E-state index in [1.807, 2.05) is 23.6 Å². The second kappa shape index (κ2) is 5.56. The van der Waals surface area contributed by atoms with Crippen LogP contribution in [0.3, 0.4) is 0 Å². The van der Waals surface area contributed by atoms with Crippen molar-refractivity contribution in [2.75, 3.05) is 32.7 Å². The van der Waals surface area contributed by atoms with Crippen LogP contribution in [0.15, 0.2) is 0 Å². The number of fused-ring (bicyclic) bond motifs is 1. The number of amides is 3. The summed E-state index contributed by atoms with van der Waals surface area (Å²) < 4.78 is 0. The van der Waals surface area contributed by atoms with Crippen molar-refractivity contribution < 1.29 is 9.59 Å². The van der Waals surface area contributed by atoms with Gasteiger partial charge in [-0.1, -0.05) is 6.92 Å². The van der Waals surface area contributed by atoms with E-state index in [4.69, 9.17) is 0 Å². The van der Waals surface area contributed by atoms with Gasteiger partial charge in [-0.25, -0.2) is 4.79 Å². The molecule has 2 fully saturated rings. The Morgan fingerprint density at radius 1 is 1.56 bits per heavy atom. The van der Waals surface area contributed by atoms with E-state index in [-0.39, 0.29) is 24.0 Å². The van der Waals surface area contributed by atoms with E-state index in [1.54, 1.807) is 0 Å². The second-order valence-corrected chi connectivity index (χ2v) is 5.04. The molecule has 0 aromatic heterocycles. The molecule has 0 radical (unpaired) electrons. The topological polar surface area (TPSA) is 64.7 Å². The van der Waals surface area contributed by atoms with E-state index in [0.29, 0.717) is 32.6 Å². The highest BCUT2D eigenvalue weighted by atomic mass is 16.2. The van der Waals surface area contributed by atoms with Crippen LogP contribution < -0.4 is 10.6 Å². The monoisotopic (exact) mass is 254 g/mol. The molecule has 2 aliphatic rings. The maximum absolute atomic E-state index is 12.1. The normalized spacial score (nSPS) is 24.8. The summed E-state index contributed by atoms with van der Waals surface area (Å²) in [4.78, 5) is 27.3. The van der Waals surface area contributed by atoms with Crippen molar-refractivity contribution in [2.45, 2.75) is 32.4 Å². The van der Waals surface area contributed by atoms with Crippen molar-refractivity contribution in [3.8, 4) is 0 Å². The summed E-state index contributed by atoms with van der Waals surface area (Å²) in [5.41, 5.74) is 0. The summed E-state index contributed by atoms with van der Waals surface area (Å²) in [6.07, 6.45) is 0.530. The zero-order chi connectivity index (χ0) is 13.1. The standard InChI is InChI=1S/C12H22N4O2/c1-3-13-9(2)6-11(17)15-4-5-16-10(8-15)7-14-12(16)18/h9-10,13H,3-8H2,1-2H3,(H,14,18). The lowest BCUT2D eigenvalue weighted by molar-refractivity contribution is -0.133. The zero-order valence-corrected chi connectivity index (χ0v) is 11.1. The maximum Gasteiger partial charge on any atom is 0.317 e. The highest BCUT2D eigenvalue weighted by Crippen LogP contribution is 2.15. The molecule has 2 heterocycles. The minimum Gasteiger partial charge on any atom is -0.339 e. The molecular weight excluding hydrogens is 232 g/mol. The third kappa shape index (κ3) is 2.75. The molecule has 0 bridgehead atoms. The molecule has 3 amide bonds. The fraction of sp³-hybridized carbons (Fsp3) is 0.833. The largest absolute Gasteiger partial charge is 0.339 e. The number of carbonyl (C=O) groups is 2. The first-order valence-electron chi connectivity index (χ1n) is 6.67. The van der Waals surface area contributed by atoms with Gasteiger partial charge in [0, 0.05) is 38.6 Å². The molecule has 2 saturated heterocycles. The fourth-order valence-electron chi connectivity index (χ4n) is 2.64. The summed E-state index contributed by atoms with van der Waals surface area (Å²) in [6.45, 7) is 7.57. The lowest BCUT2D eigenvalue weighted by atomic mass is 10.1. The van der Waals surface area contributed by atoms with Crippen LogP contribution in [0, 0.1) is 0 Å². The van der Waals surface area contributed by atoms with Crippen LogP contribution in [0.5, 0.6) is 0 Å². The van der Waals surface area contributed by atoms with Crippen molar-refractivity contribution in [3.05, 3.63) is 0 Å². The highest BCUT2D eigenvalue weighted by molar-refractivity contribution is 5.79. The average Bonchev–Trinajstić information content (AvgIpc) is 2.71. The molecule has 0 aliphatic carbocycles. The van der Waals surface area contributed by atoms with Gasteiger partial charge in [-0.15, -0.1) is 0 Å². The molecule has 2 N–H and O–H groups in total. The summed E-state index contributed by atoms with van der Waals surface area (Å²) in [5, 5.41) is 6.06. The number of hydrogen-bond acceptors (Lipinski definition) is 3. The van der Waals surface area contributed by atoms with Gasteiger partial charge in [0.05, 0.1) is 6.04 Å². The Kier molecular flexibility index (Phi) is 4.06. The summed E-state index contributed by atoms with van der Waals surface area (Å²) in [7, 11) is 0. The Morgan fingerprint density at radius 2 is 2.33 bits per heavy atom. The molecule has 0 saturated carbocycles. The van der Waals surface area contributed by atoms with Crippen LogP contribution in [0.1, 0.15) is 20.3 Å². The number of nitrogens with one attached hydrogen (secondary N) is 2. The van der Waals surface area contributed by atoms with Crippen LogP contribution in [-0.2, 0) is 4.79 Å². The van der Waals surface area contributed by atoms with Crippen molar-refractivity contribution in [3.63, 3.8) is 0 Å². The van der Waals surface area contributed by atoms with Crippen molar-refractivity contribution in [1.29, 1.82) is 0 Å². The van der Waals surface area contributed by atoms with Gasteiger partial charge in [-0.3, -0.25) is 4.79 Å². The summed E-state index contributed by atoms with van der Waals surface area (Å²) >= 11 is 0. The molecule has 6 nitrogen and oxygen atoms in total. The van der Waals surface area contributed by atoms with Crippen LogP contribution in [0.25, 0.3) is 0 Å². The third-order valence-electron chi connectivity index (χ3n) is 3.62. The van der Waals surface area contributed by atoms with Crippen molar-refractivity contribution >= 4 is 11.9 Å². The molecule has 0 spiro atoms. The first-order chi connectivity index (χ1) is 8.61. The molecule has 0 aromatic carbocycles. The minimum atomic E-state index is 0.00752. The van der Waals surface area contributed by atoms with Gasteiger partial charge in [-0.05, 0) is 13.5 Å². The number of nitrogens with zero attached hydrogens (tertiary/aromatic N) is 2. The average molecular weight is 254 g/mol. The van der Waals surface area contributed by atoms with E-state index in [1.165, 1.54) is 0 Å². The number of hydrogen-bond donors (Lipinski definition) is 2. The third-order valence-corrected chi connectivity index (χ3v) is 3.62. The second-order valence-electron chi connectivity index (χ2n) is 5.04. The molecule has 2 unspecified atom stereocenters. The van der Waals surface area contributed by atoms with E-state index < -0.39 is 0 Å². The summed E-state index contributed by atoms with van der Waals surface area (Å²) in [6, 6.07) is 0.377. The predicted octanol–water partition coefficient (Wildman–Crippen LogP) is -0.389. The molecule has 6 heteroatoms. The van der Waals surface area contributed by atoms with E-state index in [2.05, 4.69) is 10.6 Å². The lowest BCUT2D eigenvalue weighted by Crippen LogP contribution is -2.54. The number of carbonyl (C=O) groups excluding carboxylic acids is 2. The zero-order valence-electron chi connectivity index (χ0n) is 11.1. The Hall–Kier alpha value is -1.30. The lowest BCUT2D eigenvalue weighted by Gasteiger charge is -2.36. The van der Waals surface area contributed by atoms with E-state index in [9.17, 15) is 9.59 Å². The Balaban J connectivity index is 1.84. The molecule has 0 aromatic rings. The molecule has 2 aliphatic heterocycles. The van der Waals surface area contributed by atoms with E-state index >= 15 is 0 Å². The Labute approximate surface area is 108 Å². The van der Waals surface area contributed by atoms with Crippen LogP contribution >= 0.6 is 0 Å². The predicted molar refractivity (Wildman–Crippen MR) is 68.2 cm³/mol. The van der Waals surface area contributed by atoms with Gasteiger partial charge in [0.25, 0.3) is 0 Å². The molecule has 2 rings (SSSR count). The van der Waals surface area contributed by atoms with Crippen LogP contribution in [0.2, 0.25) is 0 Å². The van der Waals surface area contributed by atoms with E-state index in [0.717, 1.165) is 6.54 Å². The summed E-state index contributed by atoms with van der Waals surface area (Å²) in [5.74, 6) is 0.183. The van der Waals surface area contributed by atoms with Crippen molar-refractivity contribution in [2.24, 2.45) is 0 Å². The van der Waals surface area contributed by atoms with Gasteiger partial charge >= 0.3 is 6.03 Å². The Bertz CT molecular complexity index is 334. The van der Waals surface area contributed by atoms with Crippen LogP contribution in [0.4, 0.5) is 4.79 Å². The van der Waals surface area contributed by atoms with Gasteiger partial charge in [-0.2, -0.15) is 0 Å². The van der Waals surface area contributed by atoms with Gasteiger partial charge < -0.3 is 20.4 Å². The first kappa shape index (κ1) is 13.1. The molecule has 18 heavy (non-hydrogen) atoms. The number of rotatable bonds is 4. The van der Waals surface area contributed by atoms with Gasteiger partial charge in [0.1, 0.15) is 0 Å². The van der Waals surface area contributed by atoms with Crippen molar-refractivity contribution in [1.82, 2.24) is 20.4 Å². The molecule has 102 valence electrons. The number of urea groups is 1. The Morgan fingerprint density at radius 3 is 3.06 bits per heavy atom. The molecule has 2 atom stereocenters. The molecular formula is C12H22N4O2. The minimum absolute atomic E-state index is 0.00752.